The van der Waals surface area contributed by atoms with E-state index in [0.29, 0.717) is 34.7 Å². The third kappa shape index (κ3) is 3.56. The van der Waals surface area contributed by atoms with Crippen LogP contribution in [0.15, 0.2) is 34.9 Å². The van der Waals surface area contributed by atoms with E-state index in [2.05, 4.69) is 20.6 Å². The number of halogens is 1. The lowest BCUT2D eigenvalue weighted by Gasteiger charge is -2.08. The molecule has 1 aromatic carbocycles. The molecule has 0 spiro atoms. The second-order valence-electron chi connectivity index (χ2n) is 5.81. The molecule has 8 heteroatoms. The number of benzene rings is 1. The van der Waals surface area contributed by atoms with Crippen molar-refractivity contribution in [3.63, 3.8) is 0 Å². The van der Waals surface area contributed by atoms with Crippen molar-refractivity contribution in [1.29, 1.82) is 0 Å². The zero-order chi connectivity index (χ0) is 18.0. The number of aryl methyl sites for hydroxylation is 2. The van der Waals surface area contributed by atoms with E-state index >= 15 is 0 Å². The van der Waals surface area contributed by atoms with Crippen molar-refractivity contribution in [2.24, 2.45) is 7.05 Å². The molecule has 2 aromatic heterocycles. The topological polar surface area (TPSA) is 85.8 Å². The van der Waals surface area contributed by atoms with Crippen molar-refractivity contribution in [1.82, 2.24) is 25.2 Å². The molecule has 0 aliphatic rings. The highest BCUT2D eigenvalue weighted by molar-refractivity contribution is 6.33. The summed E-state index contributed by atoms with van der Waals surface area (Å²) in [5.74, 6) is 0.586. The van der Waals surface area contributed by atoms with Crippen LogP contribution in [0.2, 0.25) is 5.15 Å². The summed E-state index contributed by atoms with van der Waals surface area (Å²) in [6.07, 6.45) is 0. The summed E-state index contributed by atoms with van der Waals surface area (Å²) in [6, 6.07) is 9.57. The average Bonchev–Trinajstić information content (AvgIpc) is 3.19. The Morgan fingerprint density at radius 1 is 1.36 bits per heavy atom. The predicted octanol–water partition coefficient (Wildman–Crippen LogP) is 2.97. The van der Waals surface area contributed by atoms with Gasteiger partial charge in [-0.05, 0) is 6.92 Å². The number of hydrogen-bond acceptors (Lipinski definition) is 5. The number of amides is 1. The van der Waals surface area contributed by atoms with Crippen molar-refractivity contribution in [2.75, 3.05) is 6.54 Å². The molecule has 0 aliphatic heterocycles. The predicted molar refractivity (Wildman–Crippen MR) is 93.4 cm³/mol. The molecule has 130 valence electrons. The van der Waals surface area contributed by atoms with Crippen molar-refractivity contribution in [3.8, 4) is 11.4 Å². The Hall–Kier alpha value is -2.67. The van der Waals surface area contributed by atoms with Gasteiger partial charge in [0, 0.05) is 19.2 Å². The monoisotopic (exact) mass is 359 g/mol. The number of aromatic nitrogens is 4. The Balaban J connectivity index is 1.66. The van der Waals surface area contributed by atoms with Crippen LogP contribution >= 0.6 is 11.6 Å². The Morgan fingerprint density at radius 2 is 2.08 bits per heavy atom. The molecule has 0 aliphatic carbocycles. The van der Waals surface area contributed by atoms with Gasteiger partial charge in [-0.25, -0.2) is 0 Å². The normalized spacial score (nSPS) is 12.2. The molecule has 1 amide bonds. The van der Waals surface area contributed by atoms with Crippen LogP contribution in [0.1, 0.15) is 34.8 Å². The molecule has 0 radical (unpaired) electrons. The lowest BCUT2D eigenvalue weighted by molar-refractivity contribution is 0.0950. The maximum absolute atomic E-state index is 12.3. The van der Waals surface area contributed by atoms with Gasteiger partial charge in [0.1, 0.15) is 5.15 Å². The smallest absolute Gasteiger partial charge is 0.256 e. The van der Waals surface area contributed by atoms with Crippen LogP contribution in [0.25, 0.3) is 11.4 Å². The first kappa shape index (κ1) is 17.2. The molecular weight excluding hydrogens is 342 g/mol. The molecular formula is C17H18ClN5O2. The highest BCUT2D eigenvalue weighted by atomic mass is 35.5. The van der Waals surface area contributed by atoms with Crippen molar-refractivity contribution < 1.29 is 9.32 Å². The summed E-state index contributed by atoms with van der Waals surface area (Å²) in [5.41, 5.74) is 1.85. The van der Waals surface area contributed by atoms with Gasteiger partial charge in [-0.3, -0.25) is 9.48 Å². The lowest BCUT2D eigenvalue weighted by Crippen LogP contribution is -2.28. The molecule has 1 atom stereocenters. The fourth-order valence-electron chi connectivity index (χ4n) is 2.45. The maximum Gasteiger partial charge on any atom is 0.256 e. The number of nitrogens with one attached hydrogen (secondary N) is 1. The van der Waals surface area contributed by atoms with E-state index in [-0.39, 0.29) is 11.8 Å². The van der Waals surface area contributed by atoms with Crippen molar-refractivity contribution in [2.45, 2.75) is 19.8 Å². The fourth-order valence-corrected chi connectivity index (χ4v) is 2.71. The number of carbonyl (C=O) groups excluding carboxylic acids is 1. The van der Waals surface area contributed by atoms with Crippen LogP contribution in [0, 0.1) is 6.92 Å². The number of nitrogens with zero attached hydrogens (tertiary/aromatic N) is 4. The average molecular weight is 360 g/mol. The zero-order valence-electron chi connectivity index (χ0n) is 14.2. The first-order valence-electron chi connectivity index (χ1n) is 7.83. The Bertz CT molecular complexity index is 888. The van der Waals surface area contributed by atoms with E-state index in [0.717, 1.165) is 5.56 Å². The lowest BCUT2D eigenvalue weighted by atomic mass is 10.1. The molecule has 0 bridgehead atoms. The zero-order valence-corrected chi connectivity index (χ0v) is 14.9. The van der Waals surface area contributed by atoms with Crippen LogP contribution in [0.4, 0.5) is 0 Å². The number of carbonyl (C=O) groups is 1. The van der Waals surface area contributed by atoms with Gasteiger partial charge in [0.05, 0.1) is 17.2 Å². The molecule has 0 fully saturated rings. The molecule has 7 nitrogen and oxygen atoms in total. The first-order chi connectivity index (χ1) is 12.0. The summed E-state index contributed by atoms with van der Waals surface area (Å²) in [6.45, 7) is 3.99. The third-order valence-corrected chi connectivity index (χ3v) is 4.28. The van der Waals surface area contributed by atoms with Crippen LogP contribution < -0.4 is 5.32 Å². The van der Waals surface area contributed by atoms with Gasteiger partial charge in [-0.15, -0.1) is 0 Å². The summed E-state index contributed by atoms with van der Waals surface area (Å²) in [4.78, 5) is 16.7. The first-order valence-corrected chi connectivity index (χ1v) is 8.21. The van der Waals surface area contributed by atoms with Gasteiger partial charge in [0.15, 0.2) is 0 Å². The van der Waals surface area contributed by atoms with Crippen LogP contribution in [-0.2, 0) is 7.05 Å². The maximum atomic E-state index is 12.3. The number of hydrogen-bond donors (Lipinski definition) is 1. The fraction of sp³-hybridized carbons (Fsp3) is 0.294. The summed E-state index contributed by atoms with van der Waals surface area (Å²) >= 11 is 6.11. The minimum Gasteiger partial charge on any atom is -0.351 e. The Morgan fingerprint density at radius 3 is 2.72 bits per heavy atom. The van der Waals surface area contributed by atoms with Crippen LogP contribution in [-0.4, -0.2) is 32.4 Å². The van der Waals surface area contributed by atoms with E-state index in [9.17, 15) is 4.79 Å². The van der Waals surface area contributed by atoms with Crippen molar-refractivity contribution >= 4 is 17.5 Å². The summed E-state index contributed by atoms with van der Waals surface area (Å²) in [7, 11) is 1.69. The molecule has 0 saturated heterocycles. The van der Waals surface area contributed by atoms with Gasteiger partial charge in [-0.2, -0.15) is 10.1 Å². The SMILES string of the molecule is Cc1nn(C)c(Cl)c1C(=O)NC[C@H](C)c1nc(-c2ccccc2)no1. The highest BCUT2D eigenvalue weighted by Crippen LogP contribution is 2.20. The molecule has 1 N–H and O–H groups in total. The second-order valence-corrected chi connectivity index (χ2v) is 6.17. The molecule has 3 rings (SSSR count). The Kier molecular flexibility index (Phi) is 4.85. The standard InChI is InChI=1S/C17H18ClN5O2/c1-10(9-19-16(24)13-11(2)21-23(3)14(13)18)17-20-15(22-25-17)12-7-5-4-6-8-12/h4-8,10H,9H2,1-3H3,(H,19,24)/t10-/m0/s1. The molecule has 3 aromatic rings. The minimum absolute atomic E-state index is 0.135. The van der Waals surface area contributed by atoms with E-state index in [1.54, 1.807) is 14.0 Å². The Labute approximate surface area is 150 Å². The van der Waals surface area contributed by atoms with E-state index in [1.165, 1.54) is 4.68 Å². The van der Waals surface area contributed by atoms with Gasteiger partial charge < -0.3 is 9.84 Å². The van der Waals surface area contributed by atoms with E-state index in [4.69, 9.17) is 16.1 Å². The summed E-state index contributed by atoms with van der Waals surface area (Å²) in [5, 5.41) is 11.3. The van der Waals surface area contributed by atoms with E-state index in [1.807, 2.05) is 37.3 Å². The van der Waals surface area contributed by atoms with Gasteiger partial charge >= 0.3 is 0 Å². The summed E-state index contributed by atoms with van der Waals surface area (Å²) < 4.78 is 6.79. The van der Waals surface area contributed by atoms with Gasteiger partial charge in [0.2, 0.25) is 11.7 Å². The van der Waals surface area contributed by atoms with Gasteiger partial charge in [0.25, 0.3) is 5.91 Å². The second kappa shape index (κ2) is 7.06. The van der Waals surface area contributed by atoms with Crippen LogP contribution in [0.3, 0.4) is 0 Å². The van der Waals surface area contributed by atoms with Gasteiger partial charge in [-0.1, -0.05) is 54.0 Å². The highest BCUT2D eigenvalue weighted by Gasteiger charge is 2.21. The molecule has 2 heterocycles. The molecule has 25 heavy (non-hydrogen) atoms. The number of rotatable bonds is 5. The van der Waals surface area contributed by atoms with E-state index < -0.39 is 0 Å². The molecule has 0 saturated carbocycles. The van der Waals surface area contributed by atoms with Crippen LogP contribution in [0.5, 0.6) is 0 Å². The third-order valence-electron chi connectivity index (χ3n) is 3.84. The quantitative estimate of drug-likeness (QED) is 0.756. The minimum atomic E-state index is -0.273. The molecule has 0 unspecified atom stereocenters. The van der Waals surface area contributed by atoms with Crippen molar-refractivity contribution in [3.05, 3.63) is 52.6 Å². The largest absolute Gasteiger partial charge is 0.351 e.